The van der Waals surface area contributed by atoms with Gasteiger partial charge in [-0.1, -0.05) is 32.6 Å². The van der Waals surface area contributed by atoms with Gasteiger partial charge in [-0.25, -0.2) is 0 Å². The van der Waals surface area contributed by atoms with E-state index in [1.54, 1.807) is 6.92 Å². The minimum atomic E-state index is -0.741. The number of nitrogens with one attached hydrogen (secondary N) is 1. The van der Waals surface area contributed by atoms with Crippen LogP contribution in [0.25, 0.3) is 0 Å². The summed E-state index contributed by atoms with van der Waals surface area (Å²) < 4.78 is 0. The minimum Gasteiger partial charge on any atom is -0.480 e. The maximum atomic E-state index is 11.1. The Labute approximate surface area is 92.3 Å². The van der Waals surface area contributed by atoms with E-state index in [1.807, 2.05) is 6.92 Å². The van der Waals surface area contributed by atoms with Crippen LogP contribution in [0.5, 0.6) is 0 Å². The highest BCUT2D eigenvalue weighted by Crippen LogP contribution is 2.20. The Balaban J connectivity index is 2.53. The van der Waals surface area contributed by atoms with Gasteiger partial charge in [0.05, 0.1) is 0 Å². The Bertz CT molecular complexity index is 210. The molecule has 15 heavy (non-hydrogen) atoms. The van der Waals surface area contributed by atoms with Crippen molar-refractivity contribution in [3.63, 3.8) is 0 Å². The quantitative estimate of drug-likeness (QED) is 0.706. The number of carboxylic acids is 1. The average molecular weight is 213 g/mol. The maximum absolute atomic E-state index is 11.1. The second-order valence-corrected chi connectivity index (χ2v) is 4.82. The highest BCUT2D eigenvalue weighted by atomic mass is 16.4. The molecule has 0 aliphatic heterocycles. The van der Waals surface area contributed by atoms with E-state index in [0.717, 1.165) is 12.8 Å². The topological polar surface area (TPSA) is 49.3 Å². The van der Waals surface area contributed by atoms with Crippen molar-refractivity contribution in [3.05, 3.63) is 0 Å². The van der Waals surface area contributed by atoms with Gasteiger partial charge in [-0.05, 0) is 26.2 Å². The van der Waals surface area contributed by atoms with E-state index < -0.39 is 11.5 Å². The molecule has 1 unspecified atom stereocenters. The summed E-state index contributed by atoms with van der Waals surface area (Å²) >= 11 is 0. The number of hydrogen-bond donors (Lipinski definition) is 2. The van der Waals surface area contributed by atoms with E-state index in [4.69, 9.17) is 0 Å². The molecule has 0 saturated heterocycles. The number of aliphatic carboxylic acids is 1. The fraction of sp³-hybridized carbons (Fsp3) is 0.917. The first-order valence-electron chi connectivity index (χ1n) is 6.09. The summed E-state index contributed by atoms with van der Waals surface area (Å²) in [5, 5.41) is 12.5. The predicted molar refractivity (Wildman–Crippen MR) is 61.0 cm³/mol. The average Bonchev–Trinajstić information content (AvgIpc) is 2.46. The van der Waals surface area contributed by atoms with Gasteiger partial charge in [-0.15, -0.1) is 0 Å². The van der Waals surface area contributed by atoms with Crippen molar-refractivity contribution in [1.82, 2.24) is 5.32 Å². The van der Waals surface area contributed by atoms with Crippen molar-refractivity contribution in [2.75, 3.05) is 0 Å². The van der Waals surface area contributed by atoms with Crippen LogP contribution < -0.4 is 5.32 Å². The first-order chi connectivity index (χ1) is 7.08. The molecule has 2 N–H and O–H groups in total. The molecule has 0 spiro atoms. The Morgan fingerprint density at radius 2 is 1.87 bits per heavy atom. The lowest BCUT2D eigenvalue weighted by Gasteiger charge is -2.30. The first-order valence-corrected chi connectivity index (χ1v) is 6.09. The molecule has 0 radical (unpaired) electrons. The molecule has 0 aromatic rings. The van der Waals surface area contributed by atoms with Crippen LogP contribution in [0, 0.1) is 0 Å². The summed E-state index contributed by atoms with van der Waals surface area (Å²) in [7, 11) is 0. The van der Waals surface area contributed by atoms with E-state index in [2.05, 4.69) is 5.32 Å². The summed E-state index contributed by atoms with van der Waals surface area (Å²) in [5.74, 6) is -0.728. The molecule has 0 aromatic carbocycles. The standard InChI is InChI=1S/C12H23NO2/c1-3-12(2,11(14)15)13-10-8-6-4-5-7-9-10/h10,13H,3-9H2,1-2H3,(H,14,15). The molecule has 0 amide bonds. The van der Waals surface area contributed by atoms with Crippen molar-refractivity contribution in [2.45, 2.75) is 70.4 Å². The minimum absolute atomic E-state index is 0.397. The van der Waals surface area contributed by atoms with Crippen LogP contribution in [0.3, 0.4) is 0 Å². The monoisotopic (exact) mass is 213 g/mol. The number of hydrogen-bond acceptors (Lipinski definition) is 2. The third kappa shape index (κ3) is 3.49. The van der Waals surface area contributed by atoms with E-state index in [-0.39, 0.29) is 0 Å². The van der Waals surface area contributed by atoms with Crippen LogP contribution in [0.4, 0.5) is 0 Å². The molecular weight excluding hydrogens is 190 g/mol. The molecule has 0 aromatic heterocycles. The smallest absolute Gasteiger partial charge is 0.323 e. The van der Waals surface area contributed by atoms with Crippen molar-refractivity contribution >= 4 is 5.97 Å². The molecule has 1 saturated carbocycles. The molecule has 0 bridgehead atoms. The van der Waals surface area contributed by atoms with Gasteiger partial charge in [-0.2, -0.15) is 0 Å². The van der Waals surface area contributed by atoms with Crippen LogP contribution in [-0.4, -0.2) is 22.7 Å². The first kappa shape index (κ1) is 12.5. The van der Waals surface area contributed by atoms with Gasteiger partial charge < -0.3 is 5.11 Å². The van der Waals surface area contributed by atoms with Crippen molar-refractivity contribution in [3.8, 4) is 0 Å². The highest BCUT2D eigenvalue weighted by Gasteiger charge is 2.33. The SMILES string of the molecule is CCC(C)(NC1CCCCCC1)C(=O)O. The van der Waals surface area contributed by atoms with Crippen molar-refractivity contribution < 1.29 is 9.90 Å². The largest absolute Gasteiger partial charge is 0.480 e. The highest BCUT2D eigenvalue weighted by molar-refractivity contribution is 5.78. The molecule has 1 atom stereocenters. The number of carboxylic acid groups (broad SMARTS) is 1. The lowest BCUT2D eigenvalue weighted by Crippen LogP contribution is -2.53. The summed E-state index contributed by atoms with van der Waals surface area (Å²) in [5.41, 5.74) is -0.741. The summed E-state index contributed by atoms with van der Waals surface area (Å²) in [6.45, 7) is 3.72. The fourth-order valence-corrected chi connectivity index (χ4v) is 2.19. The molecule has 3 nitrogen and oxygen atoms in total. The Kier molecular flexibility index (Phi) is 4.58. The van der Waals surface area contributed by atoms with Gasteiger partial charge in [0.2, 0.25) is 0 Å². The predicted octanol–water partition coefficient (Wildman–Crippen LogP) is 2.55. The number of rotatable bonds is 4. The van der Waals surface area contributed by atoms with Gasteiger partial charge in [0, 0.05) is 6.04 Å². The zero-order valence-electron chi connectivity index (χ0n) is 9.88. The summed E-state index contributed by atoms with van der Waals surface area (Å²) in [6.07, 6.45) is 7.96. The molecule has 0 heterocycles. The fourth-order valence-electron chi connectivity index (χ4n) is 2.19. The van der Waals surface area contributed by atoms with Gasteiger partial charge in [0.1, 0.15) is 5.54 Å². The van der Waals surface area contributed by atoms with Gasteiger partial charge in [-0.3, -0.25) is 10.1 Å². The Hall–Kier alpha value is -0.570. The summed E-state index contributed by atoms with van der Waals surface area (Å²) in [6, 6.07) is 0.397. The van der Waals surface area contributed by atoms with Crippen molar-refractivity contribution in [2.24, 2.45) is 0 Å². The lowest BCUT2D eigenvalue weighted by atomic mass is 9.96. The molecule has 1 fully saturated rings. The molecular formula is C12H23NO2. The number of carbonyl (C=O) groups is 1. The molecule has 88 valence electrons. The van der Waals surface area contributed by atoms with Crippen LogP contribution in [0.1, 0.15) is 58.8 Å². The van der Waals surface area contributed by atoms with Gasteiger partial charge in [0.25, 0.3) is 0 Å². The maximum Gasteiger partial charge on any atom is 0.323 e. The van der Waals surface area contributed by atoms with Crippen molar-refractivity contribution in [1.29, 1.82) is 0 Å². The second-order valence-electron chi connectivity index (χ2n) is 4.82. The van der Waals surface area contributed by atoms with Crippen LogP contribution in [-0.2, 0) is 4.79 Å². The second kappa shape index (κ2) is 5.50. The summed E-state index contributed by atoms with van der Waals surface area (Å²) in [4.78, 5) is 11.1. The Morgan fingerprint density at radius 3 is 2.27 bits per heavy atom. The third-order valence-electron chi connectivity index (χ3n) is 3.56. The van der Waals surface area contributed by atoms with Gasteiger partial charge >= 0.3 is 5.97 Å². The third-order valence-corrected chi connectivity index (χ3v) is 3.56. The van der Waals surface area contributed by atoms with Crippen LogP contribution in [0.2, 0.25) is 0 Å². The van der Waals surface area contributed by atoms with E-state index >= 15 is 0 Å². The van der Waals surface area contributed by atoms with E-state index in [1.165, 1.54) is 25.7 Å². The lowest BCUT2D eigenvalue weighted by molar-refractivity contribution is -0.144. The zero-order valence-corrected chi connectivity index (χ0v) is 9.88. The molecule has 1 rings (SSSR count). The zero-order chi connectivity index (χ0) is 11.3. The van der Waals surface area contributed by atoms with E-state index in [0.29, 0.717) is 12.5 Å². The van der Waals surface area contributed by atoms with Crippen LogP contribution in [0.15, 0.2) is 0 Å². The van der Waals surface area contributed by atoms with Crippen LogP contribution >= 0.6 is 0 Å². The van der Waals surface area contributed by atoms with E-state index in [9.17, 15) is 9.90 Å². The molecule has 3 heteroatoms. The Morgan fingerprint density at radius 1 is 1.33 bits per heavy atom. The normalized spacial score (nSPS) is 23.1. The molecule has 1 aliphatic rings. The van der Waals surface area contributed by atoms with Gasteiger partial charge in [0.15, 0.2) is 0 Å². The molecule has 1 aliphatic carbocycles.